The van der Waals surface area contributed by atoms with Gasteiger partial charge in [0.15, 0.2) is 5.60 Å². The number of nitriles is 1. The maximum Gasteiger partial charge on any atom is 0.179 e. The molecule has 2 rings (SSSR count). The molecule has 4 nitrogen and oxygen atoms in total. The van der Waals surface area contributed by atoms with E-state index < -0.39 is 5.60 Å². The first-order chi connectivity index (χ1) is 9.25. The number of fused-ring (bicyclic) bond motifs is 1. The molecule has 0 fully saturated rings. The second-order valence-corrected chi connectivity index (χ2v) is 4.74. The highest BCUT2D eigenvalue weighted by atomic mass is 16.5. The summed E-state index contributed by atoms with van der Waals surface area (Å²) in [6, 6.07) is 8.15. The molecule has 1 aliphatic rings. The van der Waals surface area contributed by atoms with E-state index in [2.05, 4.69) is 6.07 Å². The number of aryl methyl sites for hydroxylation is 1. The Balaban J connectivity index is 2.34. The second-order valence-electron chi connectivity index (χ2n) is 4.74. The molecule has 0 saturated heterocycles. The number of nitrogens with zero attached hydrogens (tertiary/aromatic N) is 1. The summed E-state index contributed by atoms with van der Waals surface area (Å²) >= 11 is 0. The Hall–Kier alpha value is -1.57. The van der Waals surface area contributed by atoms with Crippen molar-refractivity contribution in [1.82, 2.24) is 0 Å². The van der Waals surface area contributed by atoms with Crippen molar-refractivity contribution >= 4 is 0 Å². The monoisotopic (exact) mass is 261 g/mol. The third-order valence-electron chi connectivity index (χ3n) is 3.56. The highest BCUT2D eigenvalue weighted by Crippen LogP contribution is 2.39. The summed E-state index contributed by atoms with van der Waals surface area (Å²) in [7, 11) is 1.62. The summed E-state index contributed by atoms with van der Waals surface area (Å²) in [5, 5.41) is 18.4. The highest BCUT2D eigenvalue weighted by molar-refractivity contribution is 5.44. The normalized spacial score (nSPS) is 21.5. The van der Waals surface area contributed by atoms with Crippen LogP contribution in [0.25, 0.3) is 0 Å². The van der Waals surface area contributed by atoms with Gasteiger partial charge >= 0.3 is 0 Å². The van der Waals surface area contributed by atoms with Gasteiger partial charge in [0, 0.05) is 12.2 Å². The number of rotatable bonds is 5. The summed E-state index contributed by atoms with van der Waals surface area (Å²) in [4.78, 5) is 0. The van der Waals surface area contributed by atoms with Gasteiger partial charge in [0.1, 0.15) is 11.8 Å². The van der Waals surface area contributed by atoms with Crippen molar-refractivity contribution in [2.45, 2.75) is 31.3 Å². The molecular formula is C15H19NO3. The van der Waals surface area contributed by atoms with Gasteiger partial charge in [0.25, 0.3) is 0 Å². The fourth-order valence-electron chi connectivity index (χ4n) is 2.55. The molecule has 1 aliphatic carbocycles. The van der Waals surface area contributed by atoms with Crippen molar-refractivity contribution in [3.63, 3.8) is 0 Å². The smallest absolute Gasteiger partial charge is 0.179 e. The maximum atomic E-state index is 9.57. The Morgan fingerprint density at radius 1 is 1.47 bits per heavy atom. The zero-order valence-corrected chi connectivity index (χ0v) is 11.2. The van der Waals surface area contributed by atoms with Crippen LogP contribution in [0.1, 0.15) is 30.4 Å². The van der Waals surface area contributed by atoms with Crippen molar-refractivity contribution in [3.05, 3.63) is 29.3 Å². The molecule has 0 aliphatic heterocycles. The van der Waals surface area contributed by atoms with Crippen LogP contribution in [0.15, 0.2) is 18.2 Å². The Labute approximate surface area is 113 Å². The van der Waals surface area contributed by atoms with Crippen molar-refractivity contribution in [2.75, 3.05) is 20.3 Å². The first-order valence-corrected chi connectivity index (χ1v) is 6.59. The average Bonchev–Trinajstić information content (AvgIpc) is 2.47. The summed E-state index contributed by atoms with van der Waals surface area (Å²) in [6.45, 7) is 0.465. The predicted octanol–water partition coefficient (Wildman–Crippen LogP) is 2.15. The minimum Gasteiger partial charge on any atom is -0.497 e. The molecule has 0 radical (unpaired) electrons. The lowest BCUT2D eigenvalue weighted by Crippen LogP contribution is -2.33. The van der Waals surface area contributed by atoms with Gasteiger partial charge < -0.3 is 14.6 Å². The van der Waals surface area contributed by atoms with Gasteiger partial charge in [-0.2, -0.15) is 5.26 Å². The number of methoxy groups -OCH3 is 1. The molecule has 1 aromatic rings. The molecule has 1 aromatic carbocycles. The van der Waals surface area contributed by atoms with Crippen LogP contribution in [0.2, 0.25) is 0 Å². The minimum atomic E-state index is -0.892. The molecule has 0 aromatic heterocycles. The topological polar surface area (TPSA) is 62.5 Å². The van der Waals surface area contributed by atoms with E-state index >= 15 is 0 Å². The average molecular weight is 261 g/mol. The SMILES string of the molecule is COc1ccc2c(c1)C(C#N)(OCCCO)CCC2. The van der Waals surface area contributed by atoms with E-state index in [1.807, 2.05) is 18.2 Å². The molecule has 0 saturated carbocycles. The molecule has 4 heteroatoms. The molecular weight excluding hydrogens is 242 g/mol. The van der Waals surface area contributed by atoms with Gasteiger partial charge in [-0.05, 0) is 43.4 Å². The maximum absolute atomic E-state index is 9.57. The third kappa shape index (κ3) is 2.73. The number of aliphatic hydroxyl groups is 1. The van der Waals surface area contributed by atoms with Gasteiger partial charge in [-0.15, -0.1) is 0 Å². The predicted molar refractivity (Wildman–Crippen MR) is 70.9 cm³/mol. The van der Waals surface area contributed by atoms with Crippen LogP contribution < -0.4 is 4.74 Å². The quantitative estimate of drug-likeness (QED) is 0.825. The number of hydrogen-bond donors (Lipinski definition) is 1. The van der Waals surface area contributed by atoms with E-state index in [0.717, 1.165) is 29.7 Å². The Morgan fingerprint density at radius 2 is 2.32 bits per heavy atom. The van der Waals surface area contributed by atoms with Crippen molar-refractivity contribution in [1.29, 1.82) is 5.26 Å². The second kappa shape index (κ2) is 6.05. The van der Waals surface area contributed by atoms with E-state index in [-0.39, 0.29) is 6.61 Å². The minimum absolute atomic E-state index is 0.0759. The van der Waals surface area contributed by atoms with Crippen LogP contribution in [0.3, 0.4) is 0 Å². The zero-order valence-electron chi connectivity index (χ0n) is 11.2. The fourth-order valence-corrected chi connectivity index (χ4v) is 2.55. The lowest BCUT2D eigenvalue weighted by atomic mass is 9.79. The molecule has 0 amide bonds. The van der Waals surface area contributed by atoms with Crippen LogP contribution in [0, 0.1) is 11.3 Å². The molecule has 1 N–H and O–H groups in total. The number of aliphatic hydroxyl groups excluding tert-OH is 1. The van der Waals surface area contributed by atoms with E-state index in [1.165, 1.54) is 0 Å². The molecule has 19 heavy (non-hydrogen) atoms. The van der Waals surface area contributed by atoms with Crippen molar-refractivity contribution in [3.8, 4) is 11.8 Å². The molecule has 0 heterocycles. The lowest BCUT2D eigenvalue weighted by Gasteiger charge is -2.33. The summed E-state index contributed by atoms with van der Waals surface area (Å²) in [5.41, 5.74) is 1.17. The van der Waals surface area contributed by atoms with Crippen molar-refractivity contribution < 1.29 is 14.6 Å². The van der Waals surface area contributed by atoms with E-state index in [4.69, 9.17) is 14.6 Å². The van der Waals surface area contributed by atoms with Gasteiger partial charge in [0.2, 0.25) is 0 Å². The zero-order chi connectivity index (χ0) is 13.7. The van der Waals surface area contributed by atoms with Crippen LogP contribution in [0.5, 0.6) is 5.75 Å². The fraction of sp³-hybridized carbons (Fsp3) is 0.533. The lowest BCUT2D eigenvalue weighted by molar-refractivity contribution is -0.0238. The molecule has 102 valence electrons. The molecule has 1 atom stereocenters. The summed E-state index contributed by atoms with van der Waals surface area (Å²) in [6.07, 6.45) is 3.13. The Bertz CT molecular complexity index is 481. The largest absolute Gasteiger partial charge is 0.497 e. The Morgan fingerprint density at radius 3 is 3.00 bits per heavy atom. The van der Waals surface area contributed by atoms with Crippen LogP contribution in [0.4, 0.5) is 0 Å². The number of ether oxygens (including phenoxy) is 2. The van der Waals surface area contributed by atoms with Crippen LogP contribution >= 0.6 is 0 Å². The standard InChI is InChI=1S/C15H19NO3/c1-18-13-6-5-12-4-2-7-15(11-16,14(12)10-13)19-9-3-8-17/h5-6,10,17H,2-4,7-9H2,1H3. The van der Waals surface area contributed by atoms with Gasteiger partial charge in [0.05, 0.1) is 13.7 Å². The first kappa shape index (κ1) is 13.9. The molecule has 0 bridgehead atoms. The van der Waals surface area contributed by atoms with E-state index in [0.29, 0.717) is 19.4 Å². The van der Waals surface area contributed by atoms with Crippen LogP contribution in [-0.4, -0.2) is 25.4 Å². The van der Waals surface area contributed by atoms with Crippen LogP contribution in [-0.2, 0) is 16.8 Å². The van der Waals surface area contributed by atoms with Gasteiger partial charge in [-0.3, -0.25) is 0 Å². The number of hydrogen-bond acceptors (Lipinski definition) is 4. The van der Waals surface area contributed by atoms with Gasteiger partial charge in [-0.25, -0.2) is 0 Å². The third-order valence-corrected chi connectivity index (χ3v) is 3.56. The summed E-state index contributed by atoms with van der Waals surface area (Å²) < 4.78 is 11.0. The summed E-state index contributed by atoms with van der Waals surface area (Å²) in [5.74, 6) is 0.742. The van der Waals surface area contributed by atoms with Gasteiger partial charge in [-0.1, -0.05) is 6.07 Å². The highest BCUT2D eigenvalue weighted by Gasteiger charge is 2.38. The van der Waals surface area contributed by atoms with E-state index in [9.17, 15) is 5.26 Å². The van der Waals surface area contributed by atoms with Crippen molar-refractivity contribution in [2.24, 2.45) is 0 Å². The first-order valence-electron chi connectivity index (χ1n) is 6.59. The number of benzene rings is 1. The van der Waals surface area contributed by atoms with E-state index in [1.54, 1.807) is 7.11 Å². The molecule has 0 spiro atoms. The Kier molecular flexibility index (Phi) is 4.41. The molecule has 1 unspecified atom stereocenters.